The van der Waals surface area contributed by atoms with Gasteiger partial charge in [0.05, 0.1) is 47.8 Å². The Morgan fingerprint density at radius 1 is 1.05 bits per heavy atom. The lowest BCUT2D eigenvalue weighted by Gasteiger charge is -2.31. The lowest BCUT2D eigenvalue weighted by atomic mass is 9.93. The van der Waals surface area contributed by atoms with Gasteiger partial charge >= 0.3 is 0 Å². The van der Waals surface area contributed by atoms with Gasteiger partial charge in [-0.25, -0.2) is 18.4 Å². The maximum atomic E-state index is 11.8. The van der Waals surface area contributed by atoms with Crippen molar-refractivity contribution in [3.8, 4) is 5.88 Å². The number of carbonyl (C=O) groups excluding carboxylic acids is 1. The van der Waals surface area contributed by atoms with E-state index < -0.39 is 10.0 Å². The van der Waals surface area contributed by atoms with Crippen molar-refractivity contribution >= 4 is 44.3 Å². The van der Waals surface area contributed by atoms with Gasteiger partial charge in [0.1, 0.15) is 11.9 Å². The number of nitrogens with one attached hydrogen (secondary N) is 3. The molecule has 3 aromatic rings. The maximum absolute atomic E-state index is 11.8. The predicted octanol–water partition coefficient (Wildman–Crippen LogP) is 1.79. The number of sulfonamides is 1. The zero-order chi connectivity index (χ0) is 27.4. The van der Waals surface area contributed by atoms with Gasteiger partial charge in [0, 0.05) is 44.6 Å². The van der Waals surface area contributed by atoms with Crippen molar-refractivity contribution in [3.05, 3.63) is 36.3 Å². The van der Waals surface area contributed by atoms with Crippen LogP contribution in [0.15, 0.2) is 30.7 Å². The molecule has 1 saturated carbocycles. The van der Waals surface area contributed by atoms with Crippen LogP contribution in [0, 0.1) is 0 Å². The number of amides is 1. The van der Waals surface area contributed by atoms with Crippen molar-refractivity contribution in [2.75, 3.05) is 54.5 Å². The second-order valence-corrected chi connectivity index (χ2v) is 11.4. The molecular formula is C25H32N8O5S. The summed E-state index contributed by atoms with van der Waals surface area (Å²) in [5.41, 5.74) is 1.43. The highest BCUT2D eigenvalue weighted by atomic mass is 32.2. The number of rotatable bonds is 8. The van der Waals surface area contributed by atoms with Crippen LogP contribution in [0.1, 0.15) is 36.0 Å². The van der Waals surface area contributed by atoms with E-state index in [0.717, 1.165) is 37.8 Å². The number of ether oxygens (including phenoxy) is 2. The van der Waals surface area contributed by atoms with Crippen molar-refractivity contribution in [2.24, 2.45) is 0 Å². The number of hydrogen-bond donors (Lipinski definition) is 3. The molecular weight excluding hydrogens is 524 g/mol. The van der Waals surface area contributed by atoms with E-state index in [-0.39, 0.29) is 18.1 Å². The fraction of sp³-hybridized carbons (Fsp3) is 0.480. The van der Waals surface area contributed by atoms with Crippen LogP contribution in [0.25, 0.3) is 10.9 Å². The quantitative estimate of drug-likeness (QED) is 0.371. The van der Waals surface area contributed by atoms with Crippen molar-refractivity contribution in [3.63, 3.8) is 0 Å². The third-order valence-electron chi connectivity index (χ3n) is 6.70. The highest BCUT2D eigenvalue weighted by molar-refractivity contribution is 7.92. The molecule has 0 unspecified atom stereocenters. The monoisotopic (exact) mass is 556 g/mol. The number of anilines is 3. The third kappa shape index (κ3) is 6.81. The maximum Gasteiger partial charge on any atom is 0.254 e. The summed E-state index contributed by atoms with van der Waals surface area (Å²) in [5.74, 6) is 1.44. The van der Waals surface area contributed by atoms with Crippen molar-refractivity contribution in [1.29, 1.82) is 0 Å². The van der Waals surface area contributed by atoms with Crippen molar-refractivity contribution in [2.45, 2.75) is 37.8 Å². The number of nitrogens with zero attached hydrogens (tertiary/aromatic N) is 5. The first kappa shape index (κ1) is 26.8. The van der Waals surface area contributed by atoms with Gasteiger partial charge < -0.3 is 25.0 Å². The molecule has 3 aromatic heterocycles. The molecule has 4 heterocycles. The summed E-state index contributed by atoms with van der Waals surface area (Å²) in [4.78, 5) is 31.7. The van der Waals surface area contributed by atoms with Crippen LogP contribution in [-0.2, 0) is 14.8 Å². The molecule has 14 heteroatoms. The number of fused-ring (bicyclic) bond motifs is 1. The zero-order valence-electron chi connectivity index (χ0n) is 21.9. The first-order valence-corrected chi connectivity index (χ1v) is 14.7. The zero-order valence-corrected chi connectivity index (χ0v) is 22.7. The summed E-state index contributed by atoms with van der Waals surface area (Å²) >= 11 is 0. The van der Waals surface area contributed by atoms with Gasteiger partial charge in [-0.3, -0.25) is 14.5 Å². The first-order valence-electron chi connectivity index (χ1n) is 12.9. The third-order valence-corrected chi connectivity index (χ3v) is 7.30. The van der Waals surface area contributed by atoms with Crippen LogP contribution in [0.4, 0.5) is 17.5 Å². The number of hydrogen-bond acceptors (Lipinski definition) is 11. The lowest BCUT2D eigenvalue weighted by Crippen LogP contribution is -2.37. The Morgan fingerprint density at radius 2 is 1.77 bits per heavy atom. The normalized spacial score (nSPS) is 19.9. The van der Waals surface area contributed by atoms with Crippen molar-refractivity contribution < 1.29 is 22.7 Å². The molecule has 39 heavy (non-hydrogen) atoms. The predicted molar refractivity (Wildman–Crippen MR) is 147 cm³/mol. The van der Waals surface area contributed by atoms with E-state index in [4.69, 9.17) is 14.5 Å². The Hall–Kier alpha value is -3.78. The van der Waals surface area contributed by atoms with Crippen LogP contribution >= 0.6 is 0 Å². The fourth-order valence-corrected chi connectivity index (χ4v) is 5.26. The number of morpholine rings is 1. The van der Waals surface area contributed by atoms with E-state index in [1.54, 1.807) is 13.1 Å². The summed E-state index contributed by atoms with van der Waals surface area (Å²) in [6.45, 7) is 2.68. The highest BCUT2D eigenvalue weighted by Crippen LogP contribution is 2.33. The molecule has 13 nitrogen and oxygen atoms in total. The Bertz CT molecular complexity index is 1420. The number of aromatic nitrogens is 4. The lowest BCUT2D eigenvalue weighted by molar-refractivity contribution is 0.0962. The van der Waals surface area contributed by atoms with Gasteiger partial charge in [-0.15, -0.1) is 0 Å². The largest absolute Gasteiger partial charge is 0.474 e. The molecule has 208 valence electrons. The molecule has 0 aromatic carbocycles. The Labute approximate surface area is 226 Å². The van der Waals surface area contributed by atoms with E-state index in [1.807, 2.05) is 6.07 Å². The van der Waals surface area contributed by atoms with Gasteiger partial charge in [0.25, 0.3) is 5.91 Å². The van der Waals surface area contributed by atoms with E-state index in [9.17, 15) is 13.2 Å². The summed E-state index contributed by atoms with van der Waals surface area (Å²) in [6, 6.07) is 3.78. The summed E-state index contributed by atoms with van der Waals surface area (Å²) in [5, 5.41) is 6.54. The van der Waals surface area contributed by atoms with E-state index in [0.29, 0.717) is 60.3 Å². The first-order chi connectivity index (χ1) is 18.8. The molecule has 2 aliphatic rings. The van der Waals surface area contributed by atoms with Gasteiger partial charge in [-0.1, -0.05) is 0 Å². The highest BCUT2D eigenvalue weighted by Gasteiger charge is 2.25. The fourth-order valence-electron chi connectivity index (χ4n) is 4.72. The average Bonchev–Trinajstić information content (AvgIpc) is 2.94. The topological polar surface area (TPSA) is 161 Å². The molecule has 2 fully saturated rings. The Balaban J connectivity index is 1.30. The second-order valence-electron chi connectivity index (χ2n) is 9.66. The molecule has 5 rings (SSSR count). The Kier molecular flexibility index (Phi) is 7.93. The smallest absolute Gasteiger partial charge is 0.254 e. The minimum Gasteiger partial charge on any atom is -0.474 e. The second kappa shape index (κ2) is 11.5. The van der Waals surface area contributed by atoms with Crippen LogP contribution in [0.2, 0.25) is 0 Å². The number of carbonyl (C=O) groups is 1. The molecule has 1 amide bonds. The minimum atomic E-state index is -3.46. The molecule has 0 atom stereocenters. The summed E-state index contributed by atoms with van der Waals surface area (Å²) in [7, 11) is -1.90. The molecule has 3 N–H and O–H groups in total. The summed E-state index contributed by atoms with van der Waals surface area (Å²) < 4.78 is 38.0. The van der Waals surface area contributed by atoms with Crippen LogP contribution in [0.3, 0.4) is 0 Å². The van der Waals surface area contributed by atoms with E-state index in [2.05, 4.69) is 35.2 Å². The molecule has 1 aliphatic carbocycles. The van der Waals surface area contributed by atoms with E-state index >= 15 is 0 Å². The molecule has 0 spiro atoms. The number of pyridine rings is 2. The summed E-state index contributed by atoms with van der Waals surface area (Å²) in [6.07, 6.45) is 8.78. The van der Waals surface area contributed by atoms with Gasteiger partial charge in [0.15, 0.2) is 0 Å². The van der Waals surface area contributed by atoms with Crippen LogP contribution < -0.4 is 25.0 Å². The average molecular weight is 557 g/mol. The molecule has 1 aliphatic heterocycles. The van der Waals surface area contributed by atoms with Crippen LogP contribution in [-0.4, -0.2) is 86.0 Å². The molecule has 1 saturated heterocycles. The molecule has 0 radical (unpaired) electrons. The van der Waals surface area contributed by atoms with Crippen LogP contribution in [0.5, 0.6) is 5.88 Å². The SMILES string of the molecule is CNC(=O)c1cnc(NC2CCC(Oc3nc(N4CCOCC4)cc4ncc(NS(C)(=O)=O)cc34)CC2)nc1. The van der Waals surface area contributed by atoms with Gasteiger partial charge in [0.2, 0.25) is 21.9 Å². The molecule has 0 bridgehead atoms. The minimum absolute atomic E-state index is 0.0678. The van der Waals surface area contributed by atoms with Crippen molar-refractivity contribution in [1.82, 2.24) is 25.3 Å². The van der Waals surface area contributed by atoms with E-state index in [1.165, 1.54) is 18.6 Å². The standard InChI is InChI=1S/C25H32N8O5S/c1-26-23(34)16-13-28-25(29-14-16)30-17-3-5-19(6-4-17)38-24-20-11-18(32-39(2,35)36)15-27-21(20)12-22(31-24)33-7-9-37-10-8-33/h11-15,17,19,32H,3-10H2,1-2H3,(H,26,34)(H,28,29,30). The Morgan fingerprint density at radius 3 is 2.44 bits per heavy atom. The van der Waals surface area contributed by atoms with Gasteiger partial charge in [-0.2, -0.15) is 4.98 Å². The van der Waals surface area contributed by atoms with Gasteiger partial charge in [-0.05, 0) is 31.7 Å².